The molecular formula is C22H19N5O4S. The fourth-order valence-electron chi connectivity index (χ4n) is 2.98. The number of benzene rings is 2. The predicted octanol–water partition coefficient (Wildman–Crippen LogP) is 3.69. The van der Waals surface area contributed by atoms with E-state index in [1.165, 1.54) is 18.3 Å². The molecule has 0 fully saturated rings. The molecule has 0 unspecified atom stereocenters. The Bertz CT molecular complexity index is 1370. The fourth-order valence-corrected chi connectivity index (χ4v) is 3.93. The summed E-state index contributed by atoms with van der Waals surface area (Å²) in [5.41, 5.74) is 3.32. The third kappa shape index (κ3) is 4.65. The van der Waals surface area contributed by atoms with Gasteiger partial charge in [0.2, 0.25) is 11.8 Å². The normalized spacial score (nSPS) is 12.0. The number of sulfonamides is 1. The molecule has 0 aliphatic carbocycles. The SMILES string of the molecule is Cc1cc(C)nc(NS(=O)(=O)c2ccc(N/C=C(/C=O)c3nc4ccccc4o3)cc2)n1. The summed E-state index contributed by atoms with van der Waals surface area (Å²) in [6, 6.07) is 14.9. The van der Waals surface area contributed by atoms with Crippen LogP contribution in [0.5, 0.6) is 0 Å². The number of oxazole rings is 1. The minimum atomic E-state index is -3.86. The summed E-state index contributed by atoms with van der Waals surface area (Å²) in [6.07, 6.45) is 2.08. The van der Waals surface area contributed by atoms with E-state index in [9.17, 15) is 13.2 Å². The number of aryl methyl sites for hydroxylation is 2. The maximum absolute atomic E-state index is 12.6. The van der Waals surface area contributed by atoms with E-state index in [0.29, 0.717) is 34.5 Å². The van der Waals surface area contributed by atoms with Gasteiger partial charge in [-0.15, -0.1) is 0 Å². The number of para-hydroxylation sites is 2. The molecule has 4 aromatic rings. The third-order valence-corrected chi connectivity index (χ3v) is 5.78. The lowest BCUT2D eigenvalue weighted by molar-refractivity contribution is -0.103. The van der Waals surface area contributed by atoms with Crippen LogP contribution in [0.25, 0.3) is 16.7 Å². The van der Waals surface area contributed by atoms with Crippen molar-refractivity contribution < 1.29 is 17.6 Å². The van der Waals surface area contributed by atoms with Crippen LogP contribution in [-0.4, -0.2) is 29.7 Å². The standard InChI is InChI=1S/C22H19N5O4S/c1-14-11-15(2)25-22(24-14)27-32(29,30)18-9-7-17(8-10-18)23-12-16(13-28)21-26-19-5-3-4-6-20(19)31-21/h3-13,23H,1-2H3,(H,24,25,27)/b16-12-. The van der Waals surface area contributed by atoms with E-state index in [1.54, 1.807) is 44.2 Å². The fraction of sp³-hybridized carbons (Fsp3) is 0.0909. The molecule has 2 N–H and O–H groups in total. The van der Waals surface area contributed by atoms with E-state index in [1.807, 2.05) is 12.1 Å². The first-order valence-electron chi connectivity index (χ1n) is 9.57. The van der Waals surface area contributed by atoms with Gasteiger partial charge in [-0.05, 0) is 56.3 Å². The third-order valence-electron chi connectivity index (χ3n) is 4.43. The zero-order valence-electron chi connectivity index (χ0n) is 17.2. The molecule has 0 aliphatic rings. The highest BCUT2D eigenvalue weighted by Gasteiger charge is 2.16. The Labute approximate surface area is 184 Å². The average Bonchev–Trinajstić information content (AvgIpc) is 3.17. The number of rotatable bonds is 7. The van der Waals surface area contributed by atoms with Gasteiger partial charge in [-0.25, -0.2) is 28.1 Å². The van der Waals surface area contributed by atoms with Crippen LogP contribution in [0.15, 0.2) is 70.1 Å². The van der Waals surface area contributed by atoms with Gasteiger partial charge < -0.3 is 9.73 Å². The minimum absolute atomic E-state index is 0.0154. The monoisotopic (exact) mass is 449 g/mol. The van der Waals surface area contributed by atoms with Gasteiger partial charge in [0.05, 0.1) is 10.5 Å². The minimum Gasteiger partial charge on any atom is -0.436 e. The lowest BCUT2D eigenvalue weighted by Gasteiger charge is -2.09. The highest BCUT2D eigenvalue weighted by atomic mass is 32.2. The molecule has 0 radical (unpaired) electrons. The van der Waals surface area contributed by atoms with E-state index >= 15 is 0 Å². The van der Waals surface area contributed by atoms with E-state index < -0.39 is 10.0 Å². The molecule has 2 aromatic heterocycles. The van der Waals surface area contributed by atoms with Crippen LogP contribution in [-0.2, 0) is 14.8 Å². The van der Waals surface area contributed by atoms with E-state index in [0.717, 1.165) is 0 Å². The van der Waals surface area contributed by atoms with Gasteiger partial charge >= 0.3 is 0 Å². The number of hydrogen-bond acceptors (Lipinski definition) is 8. The predicted molar refractivity (Wildman–Crippen MR) is 120 cm³/mol. The average molecular weight is 449 g/mol. The van der Waals surface area contributed by atoms with Gasteiger partial charge in [0.15, 0.2) is 11.9 Å². The highest BCUT2D eigenvalue weighted by Crippen LogP contribution is 2.21. The van der Waals surface area contributed by atoms with Crippen LogP contribution in [0.3, 0.4) is 0 Å². The topological polar surface area (TPSA) is 127 Å². The van der Waals surface area contributed by atoms with Crippen LogP contribution >= 0.6 is 0 Å². The van der Waals surface area contributed by atoms with Gasteiger partial charge in [0.25, 0.3) is 10.0 Å². The van der Waals surface area contributed by atoms with Crippen LogP contribution in [0.1, 0.15) is 17.3 Å². The zero-order valence-corrected chi connectivity index (χ0v) is 18.1. The lowest BCUT2D eigenvalue weighted by Crippen LogP contribution is -2.15. The van der Waals surface area contributed by atoms with Crippen LogP contribution < -0.4 is 10.0 Å². The largest absolute Gasteiger partial charge is 0.436 e. The molecular weight excluding hydrogens is 430 g/mol. The molecule has 4 rings (SSSR count). The molecule has 2 aromatic carbocycles. The number of hydrogen-bond donors (Lipinski definition) is 2. The Morgan fingerprint density at radius 3 is 2.31 bits per heavy atom. The summed E-state index contributed by atoms with van der Waals surface area (Å²) < 4.78 is 33.2. The second-order valence-corrected chi connectivity index (χ2v) is 8.64. The number of nitrogens with zero attached hydrogens (tertiary/aromatic N) is 3. The van der Waals surface area contributed by atoms with E-state index in [2.05, 4.69) is 25.0 Å². The van der Waals surface area contributed by atoms with Crippen molar-refractivity contribution in [3.05, 3.63) is 78.1 Å². The molecule has 0 bridgehead atoms. The quantitative estimate of drug-likeness (QED) is 0.323. The smallest absolute Gasteiger partial charge is 0.264 e. The summed E-state index contributed by atoms with van der Waals surface area (Å²) in [6.45, 7) is 3.52. The number of carbonyl (C=O) groups excluding carboxylic acids is 1. The number of allylic oxidation sites excluding steroid dienone is 1. The summed E-state index contributed by atoms with van der Waals surface area (Å²) >= 11 is 0. The molecule has 0 spiro atoms. The van der Waals surface area contributed by atoms with Gasteiger partial charge in [-0.3, -0.25) is 4.79 Å². The number of aldehydes is 1. The molecule has 32 heavy (non-hydrogen) atoms. The molecule has 0 saturated carbocycles. The van der Waals surface area contributed by atoms with Crippen molar-refractivity contribution in [3.8, 4) is 0 Å². The van der Waals surface area contributed by atoms with Crippen molar-refractivity contribution in [2.45, 2.75) is 18.7 Å². The number of carbonyl (C=O) groups is 1. The Balaban J connectivity index is 1.50. The van der Waals surface area contributed by atoms with Crippen LogP contribution in [0, 0.1) is 13.8 Å². The Morgan fingerprint density at radius 1 is 0.969 bits per heavy atom. The molecule has 0 atom stereocenters. The lowest BCUT2D eigenvalue weighted by atomic mass is 10.3. The number of fused-ring (bicyclic) bond motifs is 1. The second-order valence-electron chi connectivity index (χ2n) is 6.95. The summed E-state index contributed by atoms with van der Waals surface area (Å²) in [5, 5.41) is 2.95. The number of nitrogens with one attached hydrogen (secondary N) is 2. The summed E-state index contributed by atoms with van der Waals surface area (Å²) in [7, 11) is -3.86. The first-order chi connectivity index (χ1) is 15.3. The summed E-state index contributed by atoms with van der Waals surface area (Å²) in [5.74, 6) is 0.201. The molecule has 9 nitrogen and oxygen atoms in total. The van der Waals surface area contributed by atoms with Gasteiger partial charge in [0, 0.05) is 23.3 Å². The van der Waals surface area contributed by atoms with E-state index in [-0.39, 0.29) is 22.3 Å². The number of aromatic nitrogens is 3. The summed E-state index contributed by atoms with van der Waals surface area (Å²) in [4.78, 5) is 24.0. The van der Waals surface area contributed by atoms with E-state index in [4.69, 9.17) is 4.42 Å². The Kier molecular flexibility index (Phi) is 5.69. The first kappa shape index (κ1) is 21.2. The second kappa shape index (κ2) is 8.60. The molecule has 0 saturated heterocycles. The first-order valence-corrected chi connectivity index (χ1v) is 11.1. The van der Waals surface area contributed by atoms with Crippen molar-refractivity contribution in [1.29, 1.82) is 0 Å². The Hall–Kier alpha value is -4.05. The van der Waals surface area contributed by atoms with Crippen molar-refractivity contribution in [1.82, 2.24) is 15.0 Å². The maximum Gasteiger partial charge on any atom is 0.264 e. The van der Waals surface area contributed by atoms with Crippen molar-refractivity contribution in [3.63, 3.8) is 0 Å². The zero-order chi connectivity index (χ0) is 22.7. The van der Waals surface area contributed by atoms with Crippen LogP contribution in [0.2, 0.25) is 0 Å². The molecule has 10 heteroatoms. The number of anilines is 2. The highest BCUT2D eigenvalue weighted by molar-refractivity contribution is 7.92. The van der Waals surface area contributed by atoms with Crippen molar-refractivity contribution in [2.24, 2.45) is 0 Å². The van der Waals surface area contributed by atoms with Crippen LogP contribution in [0.4, 0.5) is 11.6 Å². The van der Waals surface area contributed by atoms with Crippen molar-refractivity contribution >= 4 is 44.6 Å². The molecule has 0 aliphatic heterocycles. The van der Waals surface area contributed by atoms with Gasteiger partial charge in [-0.2, -0.15) is 0 Å². The van der Waals surface area contributed by atoms with Gasteiger partial charge in [0.1, 0.15) is 5.52 Å². The molecule has 2 heterocycles. The maximum atomic E-state index is 12.6. The Morgan fingerprint density at radius 2 is 1.66 bits per heavy atom. The van der Waals surface area contributed by atoms with Crippen molar-refractivity contribution in [2.75, 3.05) is 10.0 Å². The molecule has 162 valence electrons. The van der Waals surface area contributed by atoms with Gasteiger partial charge in [-0.1, -0.05) is 12.1 Å². The molecule has 0 amide bonds.